The number of hydroxylamine groups is 2. The minimum absolute atomic E-state index is 0.0306. The molecule has 2 unspecified atom stereocenters. The Kier molecular flexibility index (Phi) is 41.8. The number of carbonyl (C=O) groups excluding carboxylic acids is 2. The second-order valence-corrected chi connectivity index (χ2v) is 19.0. The van der Waals surface area contributed by atoms with Gasteiger partial charge in [-0.15, -0.1) is 23.9 Å². The number of aliphatic imine (C=N–C) groups is 1. The summed E-state index contributed by atoms with van der Waals surface area (Å²) in [5.41, 5.74) is 14.1. The van der Waals surface area contributed by atoms with Crippen molar-refractivity contribution < 1.29 is 38.6 Å². The summed E-state index contributed by atoms with van der Waals surface area (Å²) in [6.45, 7) is 27.0. The van der Waals surface area contributed by atoms with E-state index in [-0.39, 0.29) is 18.5 Å². The maximum absolute atomic E-state index is 13.2. The fourth-order valence-corrected chi connectivity index (χ4v) is 7.79. The highest BCUT2D eigenvalue weighted by molar-refractivity contribution is 8.02. The van der Waals surface area contributed by atoms with Crippen LogP contribution in [0.5, 0.6) is 5.75 Å². The third kappa shape index (κ3) is 34.1. The molecule has 1 aromatic carbocycles. The van der Waals surface area contributed by atoms with Crippen LogP contribution in [0.4, 0.5) is 5.69 Å². The van der Waals surface area contributed by atoms with Crippen molar-refractivity contribution in [2.24, 2.45) is 16.6 Å². The lowest BCUT2D eigenvalue weighted by molar-refractivity contribution is -0.212. The van der Waals surface area contributed by atoms with Gasteiger partial charge in [0.2, 0.25) is 13.8 Å². The van der Waals surface area contributed by atoms with Crippen LogP contribution in [0.3, 0.4) is 0 Å². The van der Waals surface area contributed by atoms with Crippen LogP contribution in [0, 0.1) is 5.92 Å². The molecular weight excluding hydrogens is 868 g/mol. The zero-order valence-corrected chi connectivity index (χ0v) is 43.2. The average molecular weight is 953 g/mol. The first-order valence-corrected chi connectivity index (χ1v) is 24.9. The third-order valence-corrected chi connectivity index (χ3v) is 12.1. The summed E-state index contributed by atoms with van der Waals surface area (Å²) in [5, 5.41) is 18.1. The van der Waals surface area contributed by atoms with Crippen molar-refractivity contribution >= 4 is 50.0 Å². The molecule has 0 aliphatic carbocycles. The smallest absolute Gasteiger partial charge is 0.226 e. The highest BCUT2D eigenvalue weighted by Gasteiger charge is 2.45. The van der Waals surface area contributed by atoms with Gasteiger partial charge in [-0.2, -0.15) is 10.0 Å². The molecule has 8 N–H and O–H groups in total. The molecule has 1 aromatic heterocycles. The summed E-state index contributed by atoms with van der Waals surface area (Å²) >= 11 is 1.60. The molecule has 0 aliphatic heterocycles. The van der Waals surface area contributed by atoms with E-state index in [0.717, 1.165) is 36.7 Å². The lowest BCUT2D eigenvalue weighted by Crippen LogP contribution is -2.53. The number of hydrazine groups is 1. The number of aromatic nitrogens is 1. The normalized spacial score (nSPS) is 13.4. The SMILES string of the molecule is C=CC[C@@](CC)(NNON(C)CCCC)P(=O)(O)Cc1cccnc1.C=Nc1cc(OC)ccc1/C(O)=C\C/C(N)=C/SCNC(C)C.CC(C)C.CCCC(C)OC.O=CCNC=O. The van der Waals surface area contributed by atoms with Crippen LogP contribution in [-0.4, -0.2) is 97.1 Å². The first-order valence-electron chi connectivity index (χ1n) is 22.0. The number of unbranched alkanes of at least 4 members (excludes halogenated alkanes) is 1. The zero-order chi connectivity index (χ0) is 50.1. The average Bonchev–Trinajstić information content (AvgIpc) is 3.28. The lowest BCUT2D eigenvalue weighted by Gasteiger charge is -2.37. The van der Waals surface area contributed by atoms with E-state index in [9.17, 15) is 24.2 Å². The number of nitrogens with two attached hydrogens (primary N) is 1. The van der Waals surface area contributed by atoms with Crippen LogP contribution in [0.25, 0.3) is 5.76 Å². The number of hydrogen-bond donors (Lipinski definition) is 7. The maximum atomic E-state index is 13.2. The van der Waals surface area contributed by atoms with Crippen LogP contribution in [0.15, 0.2) is 77.6 Å². The van der Waals surface area contributed by atoms with Gasteiger partial charge in [0, 0.05) is 68.8 Å². The van der Waals surface area contributed by atoms with Crippen LogP contribution in [0.2, 0.25) is 0 Å². The summed E-state index contributed by atoms with van der Waals surface area (Å²) in [7, 11) is 1.50. The topological polar surface area (TPSA) is 222 Å². The highest BCUT2D eigenvalue weighted by Crippen LogP contribution is 2.58. The fraction of sp³-hybridized carbons (Fsp3) is 0.574. The van der Waals surface area contributed by atoms with E-state index in [0.29, 0.717) is 66.8 Å². The summed E-state index contributed by atoms with van der Waals surface area (Å²) in [6.07, 6.45) is 13.8. The predicted molar refractivity (Wildman–Crippen MR) is 273 cm³/mol. The number of rotatable bonds is 28. The number of ether oxygens (including phenoxy) is 2. The van der Waals surface area contributed by atoms with E-state index in [1.807, 2.05) is 12.3 Å². The molecule has 18 heteroatoms. The van der Waals surface area contributed by atoms with Crippen molar-refractivity contribution in [3.8, 4) is 5.75 Å². The predicted octanol–water partition coefficient (Wildman–Crippen LogP) is 9.43. The Morgan fingerprint density at radius 2 is 1.78 bits per heavy atom. The molecule has 3 atom stereocenters. The summed E-state index contributed by atoms with van der Waals surface area (Å²) in [6, 6.07) is 9.23. The Bertz CT molecular complexity index is 1630. The lowest BCUT2D eigenvalue weighted by atomic mass is 10.1. The van der Waals surface area contributed by atoms with Crippen molar-refractivity contribution in [3.05, 3.63) is 83.7 Å². The molecule has 0 saturated heterocycles. The number of aliphatic hydroxyl groups is 1. The van der Waals surface area contributed by atoms with Crippen LogP contribution >= 0.6 is 19.1 Å². The zero-order valence-electron chi connectivity index (χ0n) is 41.5. The van der Waals surface area contributed by atoms with Crippen molar-refractivity contribution in [2.45, 2.75) is 131 Å². The van der Waals surface area contributed by atoms with Gasteiger partial charge in [0.05, 0.1) is 31.6 Å². The minimum Gasteiger partial charge on any atom is -0.508 e. The monoisotopic (exact) mass is 953 g/mol. The van der Waals surface area contributed by atoms with Crippen molar-refractivity contribution in [3.63, 3.8) is 0 Å². The fourth-order valence-electron chi connectivity index (χ4n) is 4.85. The quantitative estimate of drug-likeness (QED) is 0.00617. The number of nitrogens with zero attached hydrogens (tertiary/aromatic N) is 3. The number of nitrogens with one attached hydrogen (secondary N) is 4. The standard InChI is InChI=1S/C17H31N4O3P.C17H25N3O2S.C6H14O.C4H10.C3H5NO2/c1-5-8-13-21(4)24-20-19-17(7-3,11-6-2)25(22,23)15-16-10-9-12-18-14-16;1-12(2)20-11-23-10-13(18)5-8-17(21)15-7-6-14(22-4)9-16(15)19-3;1-4-5-6(2)7-3;1-4(2)3;5-2-1-4-3-6/h6,9-10,12,14,19-20H,2,5,7-8,11,13,15H2,1,3-4H3,(H,22,23);6-10,12,20-21H,3,5,11,18H2,1-2,4H3;6H,4-5H2,1-3H3;4H,1-3H3;2-3H,1H2,(H,4,6)/b;13-10-,17-8+;;;/t17-;;;;/m0..../s1. The maximum Gasteiger partial charge on any atom is 0.226 e. The highest BCUT2D eigenvalue weighted by atomic mass is 32.2. The number of benzene rings is 1. The molecule has 0 saturated carbocycles. The van der Waals surface area contributed by atoms with E-state index in [4.69, 9.17) is 20.1 Å². The molecule has 1 heterocycles. The molecule has 0 aliphatic rings. The van der Waals surface area contributed by atoms with E-state index < -0.39 is 12.6 Å². The largest absolute Gasteiger partial charge is 0.508 e. The minimum atomic E-state index is -3.64. The van der Waals surface area contributed by atoms with E-state index in [1.54, 1.807) is 93.0 Å². The Balaban J connectivity index is -0.000000874. The van der Waals surface area contributed by atoms with Gasteiger partial charge in [0.25, 0.3) is 0 Å². The number of amides is 1. The Hall–Kier alpha value is -3.90. The Morgan fingerprint density at radius 3 is 2.25 bits per heavy atom. The summed E-state index contributed by atoms with van der Waals surface area (Å²) in [4.78, 5) is 42.8. The van der Waals surface area contributed by atoms with E-state index >= 15 is 0 Å². The summed E-state index contributed by atoms with van der Waals surface area (Å²) in [5.74, 6) is 2.42. The second kappa shape index (κ2) is 41.5. The molecule has 0 bridgehead atoms. The van der Waals surface area contributed by atoms with Crippen LogP contribution in [0.1, 0.15) is 118 Å². The molecule has 2 rings (SSSR count). The van der Waals surface area contributed by atoms with Gasteiger partial charge in [-0.05, 0) is 80.5 Å². The molecule has 372 valence electrons. The molecule has 0 fully saturated rings. The first-order chi connectivity index (χ1) is 30.8. The number of allylic oxidation sites excluding steroid dienone is 1. The summed E-state index contributed by atoms with van der Waals surface area (Å²) < 4.78 is 23.3. The molecule has 0 radical (unpaired) electrons. The molecule has 16 nitrogen and oxygen atoms in total. The van der Waals surface area contributed by atoms with Crippen LogP contribution in [-0.2, 0) is 30.0 Å². The van der Waals surface area contributed by atoms with E-state index in [1.165, 1.54) is 12.8 Å². The second-order valence-electron chi connectivity index (χ2n) is 15.6. The number of hydrogen-bond acceptors (Lipinski definition) is 15. The third-order valence-electron chi connectivity index (χ3n) is 8.54. The molecule has 0 spiro atoms. The molecule has 1 amide bonds. The number of thioether (sulfide) groups is 1. The number of methoxy groups -OCH3 is 2. The van der Waals surface area contributed by atoms with E-state index in [2.05, 4.69) is 100 Å². The Morgan fingerprint density at radius 1 is 1.11 bits per heavy atom. The van der Waals surface area contributed by atoms with Crippen molar-refractivity contribution in [1.29, 1.82) is 0 Å². The van der Waals surface area contributed by atoms with Crippen molar-refractivity contribution in [1.82, 2.24) is 31.7 Å². The van der Waals surface area contributed by atoms with Gasteiger partial charge in [-0.1, -0.05) is 80.4 Å². The van der Waals surface area contributed by atoms with Gasteiger partial charge in [-0.25, -0.2) is 5.43 Å². The molecule has 2 aromatic rings. The van der Waals surface area contributed by atoms with Crippen LogP contribution < -0.4 is 32.1 Å². The number of aliphatic hydroxyl groups excluding tert-OH is 1. The van der Waals surface area contributed by atoms with Gasteiger partial charge in [-0.3, -0.25) is 19.3 Å². The first kappa shape index (κ1) is 65.4. The van der Waals surface area contributed by atoms with Gasteiger partial charge in [0.1, 0.15) is 23.1 Å². The van der Waals surface area contributed by atoms with Crippen molar-refractivity contribution in [2.75, 3.05) is 40.2 Å². The Labute approximate surface area is 396 Å². The number of carbonyl (C=O) groups is 2. The van der Waals surface area contributed by atoms with Gasteiger partial charge >= 0.3 is 0 Å². The number of aldehydes is 1. The number of pyridine rings is 1. The molecule has 65 heavy (non-hydrogen) atoms. The molecular formula is C47H85N8O8PS. The van der Waals surface area contributed by atoms with Gasteiger partial charge < -0.3 is 40.6 Å². The van der Waals surface area contributed by atoms with Gasteiger partial charge in [0.15, 0.2) is 0 Å².